The molecule has 104 valence electrons. The second-order valence-electron chi connectivity index (χ2n) is 5.97. The van der Waals surface area contributed by atoms with Crippen molar-refractivity contribution in [3.05, 3.63) is 0 Å². The molecular weight excluding hydrogens is 234 g/mol. The van der Waals surface area contributed by atoms with Gasteiger partial charge in [0.05, 0.1) is 0 Å². The molecule has 5 heteroatoms. The molecule has 1 aliphatic rings. The number of carboxylic acids is 1. The SMILES string of the molecule is CC(C)(C)OC(=O)C(C(=O)O)C(N)C1CCCC1. The van der Waals surface area contributed by atoms with E-state index in [0.29, 0.717) is 0 Å². The Kier molecular flexibility index (Phi) is 4.73. The molecule has 2 atom stereocenters. The third kappa shape index (κ3) is 3.98. The van der Waals surface area contributed by atoms with Crippen molar-refractivity contribution in [1.29, 1.82) is 0 Å². The smallest absolute Gasteiger partial charge is 0.322 e. The largest absolute Gasteiger partial charge is 0.481 e. The number of carbonyl (C=O) groups excluding carboxylic acids is 1. The van der Waals surface area contributed by atoms with Gasteiger partial charge in [0.1, 0.15) is 5.60 Å². The third-order valence-corrected chi connectivity index (χ3v) is 3.26. The zero-order chi connectivity index (χ0) is 13.9. The first-order chi connectivity index (χ1) is 8.22. The van der Waals surface area contributed by atoms with E-state index in [-0.39, 0.29) is 5.92 Å². The highest BCUT2D eigenvalue weighted by molar-refractivity contribution is 5.95. The number of carbonyl (C=O) groups is 2. The van der Waals surface area contributed by atoms with E-state index in [2.05, 4.69) is 0 Å². The molecule has 0 aliphatic heterocycles. The molecule has 0 aromatic carbocycles. The molecule has 0 spiro atoms. The van der Waals surface area contributed by atoms with Crippen LogP contribution in [-0.4, -0.2) is 28.7 Å². The van der Waals surface area contributed by atoms with Crippen LogP contribution >= 0.6 is 0 Å². The quantitative estimate of drug-likeness (QED) is 0.589. The summed E-state index contributed by atoms with van der Waals surface area (Å²) in [7, 11) is 0. The fourth-order valence-electron chi connectivity index (χ4n) is 2.40. The minimum absolute atomic E-state index is 0.110. The number of nitrogens with two attached hydrogens (primary N) is 1. The van der Waals surface area contributed by atoms with Crippen molar-refractivity contribution < 1.29 is 19.4 Å². The lowest BCUT2D eigenvalue weighted by molar-refractivity contribution is -0.168. The topological polar surface area (TPSA) is 89.6 Å². The molecule has 0 bridgehead atoms. The van der Waals surface area contributed by atoms with E-state index in [1.54, 1.807) is 20.8 Å². The average Bonchev–Trinajstić information content (AvgIpc) is 2.65. The van der Waals surface area contributed by atoms with Gasteiger partial charge in [0, 0.05) is 6.04 Å². The standard InChI is InChI=1S/C13H23NO4/c1-13(2,3)18-12(17)9(11(15)16)10(14)8-6-4-5-7-8/h8-10H,4-7,14H2,1-3H3,(H,15,16). The zero-order valence-corrected chi connectivity index (χ0v) is 11.3. The molecule has 0 radical (unpaired) electrons. The number of esters is 1. The van der Waals surface area contributed by atoms with Crippen molar-refractivity contribution >= 4 is 11.9 Å². The summed E-state index contributed by atoms with van der Waals surface area (Å²) >= 11 is 0. The number of aliphatic carboxylic acids is 1. The highest BCUT2D eigenvalue weighted by atomic mass is 16.6. The number of ether oxygens (including phenoxy) is 1. The zero-order valence-electron chi connectivity index (χ0n) is 11.3. The first kappa shape index (κ1) is 15.0. The normalized spacial score (nSPS) is 20.4. The fourth-order valence-corrected chi connectivity index (χ4v) is 2.40. The first-order valence-electron chi connectivity index (χ1n) is 6.43. The second-order valence-corrected chi connectivity index (χ2v) is 5.97. The molecule has 1 aliphatic carbocycles. The van der Waals surface area contributed by atoms with Gasteiger partial charge in [-0.1, -0.05) is 12.8 Å². The van der Waals surface area contributed by atoms with Crippen LogP contribution in [0.2, 0.25) is 0 Å². The molecule has 2 unspecified atom stereocenters. The summed E-state index contributed by atoms with van der Waals surface area (Å²) in [4.78, 5) is 23.2. The fraction of sp³-hybridized carbons (Fsp3) is 0.846. The molecule has 0 aromatic rings. The highest BCUT2D eigenvalue weighted by Crippen LogP contribution is 2.30. The van der Waals surface area contributed by atoms with Crippen LogP contribution in [0.3, 0.4) is 0 Å². The maximum absolute atomic E-state index is 11.9. The van der Waals surface area contributed by atoms with E-state index in [4.69, 9.17) is 10.5 Å². The van der Waals surface area contributed by atoms with Crippen LogP contribution in [-0.2, 0) is 14.3 Å². The van der Waals surface area contributed by atoms with E-state index < -0.39 is 29.5 Å². The number of rotatable bonds is 4. The Bertz CT molecular complexity index is 315. The Morgan fingerprint density at radius 2 is 1.78 bits per heavy atom. The Labute approximate surface area is 108 Å². The van der Waals surface area contributed by atoms with Gasteiger partial charge in [0.25, 0.3) is 0 Å². The molecule has 0 aromatic heterocycles. The predicted molar refractivity (Wildman–Crippen MR) is 66.9 cm³/mol. The Morgan fingerprint density at radius 1 is 1.28 bits per heavy atom. The maximum atomic E-state index is 11.9. The lowest BCUT2D eigenvalue weighted by Gasteiger charge is -2.27. The van der Waals surface area contributed by atoms with Gasteiger partial charge in [-0.3, -0.25) is 9.59 Å². The summed E-state index contributed by atoms with van der Waals surface area (Å²) in [6.07, 6.45) is 3.90. The maximum Gasteiger partial charge on any atom is 0.322 e. The van der Waals surface area contributed by atoms with Crippen molar-refractivity contribution in [2.24, 2.45) is 17.6 Å². The van der Waals surface area contributed by atoms with Gasteiger partial charge in [-0.15, -0.1) is 0 Å². The van der Waals surface area contributed by atoms with Crippen molar-refractivity contribution in [3.8, 4) is 0 Å². The number of hydrogen-bond donors (Lipinski definition) is 2. The lowest BCUT2D eigenvalue weighted by atomic mass is 9.87. The average molecular weight is 257 g/mol. The van der Waals surface area contributed by atoms with Crippen molar-refractivity contribution in [1.82, 2.24) is 0 Å². The van der Waals surface area contributed by atoms with E-state index >= 15 is 0 Å². The summed E-state index contributed by atoms with van der Waals surface area (Å²) in [5.74, 6) is -3.07. The minimum Gasteiger partial charge on any atom is -0.481 e. The lowest BCUT2D eigenvalue weighted by Crippen LogP contribution is -2.47. The van der Waals surface area contributed by atoms with E-state index in [1.165, 1.54) is 0 Å². The monoisotopic (exact) mass is 257 g/mol. The predicted octanol–water partition coefficient (Wildman–Crippen LogP) is 1.55. The number of hydrogen-bond acceptors (Lipinski definition) is 4. The van der Waals surface area contributed by atoms with Gasteiger partial charge in [-0.25, -0.2) is 0 Å². The molecule has 0 heterocycles. The second kappa shape index (κ2) is 5.69. The summed E-state index contributed by atoms with van der Waals surface area (Å²) in [5.41, 5.74) is 5.27. The third-order valence-electron chi connectivity index (χ3n) is 3.26. The van der Waals surface area contributed by atoms with Gasteiger partial charge in [0.15, 0.2) is 5.92 Å². The summed E-state index contributed by atoms with van der Waals surface area (Å²) in [5, 5.41) is 9.19. The Balaban J connectivity index is 2.75. The van der Waals surface area contributed by atoms with E-state index in [1.807, 2.05) is 0 Å². The highest BCUT2D eigenvalue weighted by Gasteiger charge is 2.40. The molecule has 5 nitrogen and oxygen atoms in total. The van der Waals surface area contributed by atoms with Crippen molar-refractivity contribution in [2.75, 3.05) is 0 Å². The summed E-state index contributed by atoms with van der Waals surface area (Å²) in [6.45, 7) is 5.14. The molecule has 3 N–H and O–H groups in total. The molecule has 1 rings (SSSR count). The molecule has 0 saturated heterocycles. The summed E-state index contributed by atoms with van der Waals surface area (Å²) in [6, 6.07) is -0.653. The van der Waals surface area contributed by atoms with Crippen LogP contribution in [0.1, 0.15) is 46.5 Å². The van der Waals surface area contributed by atoms with Gasteiger partial charge in [-0.2, -0.15) is 0 Å². The van der Waals surface area contributed by atoms with Crippen LogP contribution in [0.15, 0.2) is 0 Å². The van der Waals surface area contributed by atoms with Crippen LogP contribution < -0.4 is 5.73 Å². The summed E-state index contributed by atoms with van der Waals surface area (Å²) < 4.78 is 5.14. The molecule has 1 fully saturated rings. The molecule has 1 saturated carbocycles. The van der Waals surface area contributed by atoms with Gasteiger partial charge < -0.3 is 15.6 Å². The molecule has 0 amide bonds. The van der Waals surface area contributed by atoms with Gasteiger partial charge in [-0.05, 0) is 39.5 Å². The molecular formula is C13H23NO4. The Morgan fingerprint density at radius 3 is 2.17 bits per heavy atom. The van der Waals surface area contributed by atoms with Crippen molar-refractivity contribution in [2.45, 2.75) is 58.1 Å². The number of carboxylic acid groups (broad SMARTS) is 1. The molecule has 18 heavy (non-hydrogen) atoms. The van der Waals surface area contributed by atoms with Crippen LogP contribution in [0.4, 0.5) is 0 Å². The Hall–Kier alpha value is -1.10. The minimum atomic E-state index is -1.26. The van der Waals surface area contributed by atoms with E-state index in [0.717, 1.165) is 25.7 Å². The van der Waals surface area contributed by atoms with Gasteiger partial charge in [0.2, 0.25) is 0 Å². The van der Waals surface area contributed by atoms with Crippen LogP contribution in [0.25, 0.3) is 0 Å². The van der Waals surface area contributed by atoms with Gasteiger partial charge >= 0.3 is 11.9 Å². The van der Waals surface area contributed by atoms with Crippen LogP contribution in [0, 0.1) is 11.8 Å². The van der Waals surface area contributed by atoms with Crippen LogP contribution in [0.5, 0.6) is 0 Å². The van der Waals surface area contributed by atoms with E-state index in [9.17, 15) is 14.7 Å². The van der Waals surface area contributed by atoms with Crippen molar-refractivity contribution in [3.63, 3.8) is 0 Å². The first-order valence-corrected chi connectivity index (χ1v) is 6.43.